The van der Waals surface area contributed by atoms with E-state index in [-0.39, 0.29) is 0 Å². The summed E-state index contributed by atoms with van der Waals surface area (Å²) in [4.78, 5) is 3.70. The van der Waals surface area contributed by atoms with Crippen molar-refractivity contribution < 1.29 is 5.11 Å². The Balaban J connectivity index is 0. The van der Waals surface area contributed by atoms with Crippen LogP contribution in [0.3, 0.4) is 0 Å². The van der Waals surface area contributed by atoms with Crippen LogP contribution in [-0.4, -0.2) is 17.4 Å². The standard InChI is InChI=1S/C9H15NO.C2H6/c1-7(2)6-8(10-5)9(3,4)11;1-2/h6,11H,1,5H2,2-4H3;1-2H3/b8-6-;. The quantitative estimate of drug-likeness (QED) is 0.529. The minimum Gasteiger partial charge on any atom is -0.384 e. The Kier molecular flexibility index (Phi) is 7.43. The molecule has 0 aliphatic carbocycles. The van der Waals surface area contributed by atoms with Gasteiger partial charge in [0, 0.05) is 0 Å². The molecule has 0 spiro atoms. The Morgan fingerprint density at radius 3 is 1.85 bits per heavy atom. The molecule has 2 nitrogen and oxygen atoms in total. The summed E-state index contributed by atoms with van der Waals surface area (Å²) in [6, 6.07) is 0. The summed E-state index contributed by atoms with van der Waals surface area (Å²) in [6.07, 6.45) is 1.72. The smallest absolute Gasteiger partial charge is 0.101 e. The summed E-state index contributed by atoms with van der Waals surface area (Å²) in [5.41, 5.74) is 0.472. The van der Waals surface area contributed by atoms with Gasteiger partial charge in [-0.3, -0.25) is 4.99 Å². The first-order valence-corrected chi connectivity index (χ1v) is 4.44. The van der Waals surface area contributed by atoms with E-state index in [2.05, 4.69) is 18.3 Å². The second kappa shape index (κ2) is 6.61. The van der Waals surface area contributed by atoms with E-state index >= 15 is 0 Å². The van der Waals surface area contributed by atoms with Crippen molar-refractivity contribution in [3.05, 3.63) is 23.9 Å². The molecule has 0 rings (SSSR count). The Morgan fingerprint density at radius 2 is 1.77 bits per heavy atom. The third-order valence-corrected chi connectivity index (χ3v) is 1.18. The maximum atomic E-state index is 9.48. The minimum absolute atomic E-state index is 0.546. The van der Waals surface area contributed by atoms with Gasteiger partial charge in [0.25, 0.3) is 0 Å². The summed E-state index contributed by atoms with van der Waals surface area (Å²) in [5.74, 6) is 0. The van der Waals surface area contributed by atoms with E-state index in [1.807, 2.05) is 20.8 Å². The van der Waals surface area contributed by atoms with Crippen molar-refractivity contribution >= 4 is 6.72 Å². The Bertz CT molecular complexity index is 197. The first kappa shape index (κ1) is 14.6. The van der Waals surface area contributed by atoms with Crippen LogP contribution in [0.15, 0.2) is 28.9 Å². The molecule has 1 N–H and O–H groups in total. The number of hydrogen-bond donors (Lipinski definition) is 1. The zero-order valence-electron chi connectivity index (χ0n) is 9.39. The lowest BCUT2D eigenvalue weighted by Crippen LogP contribution is -2.20. The van der Waals surface area contributed by atoms with Gasteiger partial charge in [-0.2, -0.15) is 0 Å². The first-order valence-electron chi connectivity index (χ1n) is 4.44. The van der Waals surface area contributed by atoms with E-state index in [1.54, 1.807) is 19.9 Å². The largest absolute Gasteiger partial charge is 0.384 e. The van der Waals surface area contributed by atoms with Crippen molar-refractivity contribution in [3.63, 3.8) is 0 Å². The minimum atomic E-state index is -0.930. The third kappa shape index (κ3) is 7.47. The van der Waals surface area contributed by atoms with Gasteiger partial charge in [0.1, 0.15) is 5.60 Å². The van der Waals surface area contributed by atoms with Crippen molar-refractivity contribution in [2.75, 3.05) is 0 Å². The molecule has 0 atom stereocenters. The second-order valence-electron chi connectivity index (χ2n) is 3.09. The number of rotatable bonds is 3. The highest BCUT2D eigenvalue weighted by molar-refractivity contribution is 5.34. The van der Waals surface area contributed by atoms with Gasteiger partial charge in [-0.25, -0.2) is 0 Å². The first-order chi connectivity index (χ1) is 5.88. The SMILES string of the molecule is C=N/C(=C\C(=C)C)C(C)(C)O.CC. The molecule has 0 bridgehead atoms. The van der Waals surface area contributed by atoms with Gasteiger partial charge in [-0.05, 0) is 33.6 Å². The lowest BCUT2D eigenvalue weighted by atomic mass is 10.0. The van der Waals surface area contributed by atoms with Gasteiger partial charge in [0.05, 0.1) is 5.70 Å². The molecular weight excluding hydrogens is 162 g/mol. The van der Waals surface area contributed by atoms with Crippen LogP contribution in [0.4, 0.5) is 0 Å². The van der Waals surface area contributed by atoms with Gasteiger partial charge in [0.2, 0.25) is 0 Å². The summed E-state index contributed by atoms with van der Waals surface area (Å²) >= 11 is 0. The van der Waals surface area contributed by atoms with Crippen LogP contribution in [0.25, 0.3) is 0 Å². The highest BCUT2D eigenvalue weighted by atomic mass is 16.3. The van der Waals surface area contributed by atoms with Crippen molar-refractivity contribution in [2.24, 2.45) is 4.99 Å². The van der Waals surface area contributed by atoms with E-state index < -0.39 is 5.60 Å². The molecule has 0 aromatic carbocycles. The van der Waals surface area contributed by atoms with Gasteiger partial charge < -0.3 is 5.11 Å². The highest BCUT2D eigenvalue weighted by Gasteiger charge is 2.17. The number of nitrogens with zero attached hydrogens (tertiary/aromatic N) is 1. The van der Waals surface area contributed by atoms with Crippen LogP contribution < -0.4 is 0 Å². The fourth-order valence-electron chi connectivity index (χ4n) is 0.649. The molecule has 0 saturated carbocycles. The predicted molar refractivity (Wildman–Crippen MR) is 60.1 cm³/mol. The van der Waals surface area contributed by atoms with Gasteiger partial charge >= 0.3 is 0 Å². The van der Waals surface area contributed by atoms with Crippen molar-refractivity contribution in [1.29, 1.82) is 0 Å². The number of hydrogen-bond acceptors (Lipinski definition) is 2. The van der Waals surface area contributed by atoms with Crippen LogP contribution in [-0.2, 0) is 0 Å². The summed E-state index contributed by atoms with van der Waals surface area (Å²) in [6.45, 7) is 16.2. The van der Waals surface area contributed by atoms with Gasteiger partial charge in [-0.1, -0.05) is 26.0 Å². The highest BCUT2D eigenvalue weighted by Crippen LogP contribution is 2.17. The van der Waals surface area contributed by atoms with Gasteiger partial charge in [0.15, 0.2) is 0 Å². The molecule has 0 amide bonds. The summed E-state index contributed by atoms with van der Waals surface area (Å²) < 4.78 is 0. The van der Waals surface area contributed by atoms with Crippen molar-refractivity contribution in [2.45, 2.75) is 40.2 Å². The van der Waals surface area contributed by atoms with Crippen LogP contribution in [0.1, 0.15) is 34.6 Å². The molecule has 0 fully saturated rings. The number of aliphatic hydroxyl groups is 1. The molecular formula is C11H21NO. The van der Waals surface area contributed by atoms with Crippen LogP contribution in [0.2, 0.25) is 0 Å². The zero-order valence-corrected chi connectivity index (χ0v) is 9.39. The van der Waals surface area contributed by atoms with E-state index in [0.717, 1.165) is 5.57 Å². The average Bonchev–Trinajstić information content (AvgIpc) is 2.01. The molecule has 76 valence electrons. The maximum Gasteiger partial charge on any atom is 0.101 e. The molecule has 2 heteroatoms. The van der Waals surface area contributed by atoms with E-state index in [9.17, 15) is 5.11 Å². The fourth-order valence-corrected chi connectivity index (χ4v) is 0.649. The Hall–Kier alpha value is -0.890. The summed E-state index contributed by atoms with van der Waals surface area (Å²) in [7, 11) is 0. The van der Waals surface area contributed by atoms with Gasteiger partial charge in [-0.15, -0.1) is 0 Å². The maximum absolute atomic E-state index is 9.48. The Morgan fingerprint density at radius 1 is 1.38 bits per heavy atom. The molecule has 0 saturated heterocycles. The molecule has 0 aromatic heterocycles. The number of allylic oxidation sites excluding steroid dienone is 2. The van der Waals surface area contributed by atoms with Crippen LogP contribution in [0.5, 0.6) is 0 Å². The van der Waals surface area contributed by atoms with E-state index in [0.29, 0.717) is 5.70 Å². The molecule has 0 heterocycles. The van der Waals surface area contributed by atoms with Crippen LogP contribution >= 0.6 is 0 Å². The monoisotopic (exact) mass is 183 g/mol. The molecule has 0 unspecified atom stereocenters. The van der Waals surface area contributed by atoms with Crippen molar-refractivity contribution in [3.8, 4) is 0 Å². The summed E-state index contributed by atoms with van der Waals surface area (Å²) in [5, 5.41) is 9.48. The van der Waals surface area contributed by atoms with E-state index in [1.165, 1.54) is 0 Å². The van der Waals surface area contributed by atoms with Crippen LogP contribution in [0, 0.1) is 0 Å². The molecule has 0 aromatic rings. The average molecular weight is 183 g/mol. The number of aliphatic imine (C=N–C) groups is 1. The topological polar surface area (TPSA) is 32.6 Å². The lowest BCUT2D eigenvalue weighted by molar-refractivity contribution is 0.118. The van der Waals surface area contributed by atoms with E-state index in [4.69, 9.17) is 0 Å². The molecule has 0 aliphatic rings. The fraction of sp³-hybridized carbons (Fsp3) is 0.545. The molecule has 0 radical (unpaired) electrons. The lowest BCUT2D eigenvalue weighted by Gasteiger charge is -2.17. The van der Waals surface area contributed by atoms with Crippen molar-refractivity contribution in [1.82, 2.24) is 0 Å². The molecule has 13 heavy (non-hydrogen) atoms. The normalized spacial score (nSPS) is 11.4. The predicted octanol–water partition coefficient (Wildman–Crippen LogP) is 2.94. The third-order valence-electron chi connectivity index (χ3n) is 1.18. The zero-order chi connectivity index (χ0) is 11.1. The molecule has 0 aliphatic heterocycles. The Labute approximate surface area is 81.7 Å². The second-order valence-corrected chi connectivity index (χ2v) is 3.09.